The van der Waals surface area contributed by atoms with Crippen LogP contribution in [-0.4, -0.2) is 42.5 Å². The zero-order valence-electron chi connectivity index (χ0n) is 11.8. The molecular formula is C14H17ClN2O4. The van der Waals surface area contributed by atoms with E-state index in [0.717, 1.165) is 26.1 Å². The highest BCUT2D eigenvalue weighted by Gasteiger charge is 2.22. The standard InChI is InChI=1S/C14H17ClN2O4/c1-16(9-10-4-6-21-7-5-10)14(18)11-2-3-12(15)13(8-11)17(19)20/h2-3,8,10H,4-7,9H2,1H3. The lowest BCUT2D eigenvalue weighted by molar-refractivity contribution is -0.384. The Labute approximate surface area is 127 Å². The fourth-order valence-corrected chi connectivity index (χ4v) is 2.59. The lowest BCUT2D eigenvalue weighted by Crippen LogP contribution is -2.34. The van der Waals surface area contributed by atoms with Crippen LogP contribution in [0.1, 0.15) is 23.2 Å². The summed E-state index contributed by atoms with van der Waals surface area (Å²) in [5.41, 5.74) is 0.0302. The summed E-state index contributed by atoms with van der Waals surface area (Å²) in [5.74, 6) is 0.177. The highest BCUT2D eigenvalue weighted by atomic mass is 35.5. The Bertz CT molecular complexity index is 544. The average molecular weight is 313 g/mol. The summed E-state index contributed by atoms with van der Waals surface area (Å²) < 4.78 is 5.29. The maximum absolute atomic E-state index is 12.3. The number of carbonyl (C=O) groups excluding carboxylic acids is 1. The van der Waals surface area contributed by atoms with Gasteiger partial charge in [-0.05, 0) is 30.9 Å². The topological polar surface area (TPSA) is 72.7 Å². The van der Waals surface area contributed by atoms with Gasteiger partial charge in [0.15, 0.2) is 0 Å². The summed E-state index contributed by atoms with van der Waals surface area (Å²) in [7, 11) is 1.71. The van der Waals surface area contributed by atoms with Crippen LogP contribution in [0.5, 0.6) is 0 Å². The average Bonchev–Trinajstić information content (AvgIpc) is 2.47. The molecule has 1 saturated heterocycles. The van der Waals surface area contributed by atoms with Crippen LogP contribution in [0.3, 0.4) is 0 Å². The molecule has 1 aliphatic rings. The van der Waals surface area contributed by atoms with E-state index in [4.69, 9.17) is 16.3 Å². The minimum atomic E-state index is -0.586. The van der Waals surface area contributed by atoms with E-state index in [1.807, 2.05) is 0 Å². The van der Waals surface area contributed by atoms with Gasteiger partial charge >= 0.3 is 0 Å². The van der Waals surface area contributed by atoms with E-state index in [9.17, 15) is 14.9 Å². The van der Waals surface area contributed by atoms with E-state index in [1.54, 1.807) is 11.9 Å². The largest absolute Gasteiger partial charge is 0.381 e. The first-order valence-electron chi connectivity index (χ1n) is 6.76. The lowest BCUT2D eigenvalue weighted by Gasteiger charge is -2.27. The van der Waals surface area contributed by atoms with Gasteiger partial charge in [-0.2, -0.15) is 0 Å². The molecule has 1 amide bonds. The van der Waals surface area contributed by atoms with Gasteiger partial charge in [0, 0.05) is 38.4 Å². The molecule has 1 aliphatic heterocycles. The van der Waals surface area contributed by atoms with Crippen LogP contribution < -0.4 is 0 Å². The molecule has 0 spiro atoms. The van der Waals surface area contributed by atoms with E-state index in [-0.39, 0.29) is 22.2 Å². The molecular weight excluding hydrogens is 296 g/mol. The second kappa shape index (κ2) is 6.87. The molecule has 1 heterocycles. The third-order valence-corrected chi connectivity index (χ3v) is 3.93. The monoisotopic (exact) mass is 312 g/mol. The summed E-state index contributed by atoms with van der Waals surface area (Å²) >= 11 is 5.75. The zero-order valence-corrected chi connectivity index (χ0v) is 12.5. The molecule has 1 aromatic rings. The van der Waals surface area contributed by atoms with Gasteiger partial charge in [-0.15, -0.1) is 0 Å². The SMILES string of the molecule is CN(CC1CCOCC1)C(=O)c1ccc(Cl)c([N+](=O)[O-])c1. The number of halogens is 1. The van der Waals surface area contributed by atoms with Crippen molar-refractivity contribution in [1.82, 2.24) is 4.90 Å². The Morgan fingerprint density at radius 3 is 2.76 bits per heavy atom. The molecule has 0 saturated carbocycles. The number of benzene rings is 1. The summed E-state index contributed by atoms with van der Waals surface area (Å²) in [6.45, 7) is 2.07. The molecule has 7 heteroatoms. The first kappa shape index (κ1) is 15.7. The van der Waals surface area contributed by atoms with Gasteiger partial charge in [0.1, 0.15) is 5.02 Å². The van der Waals surface area contributed by atoms with Crippen LogP contribution in [0.15, 0.2) is 18.2 Å². The first-order chi connectivity index (χ1) is 9.99. The van der Waals surface area contributed by atoms with Crippen molar-refractivity contribution >= 4 is 23.2 Å². The normalized spacial score (nSPS) is 15.7. The van der Waals surface area contributed by atoms with Crippen molar-refractivity contribution in [2.75, 3.05) is 26.8 Å². The molecule has 0 bridgehead atoms. The lowest BCUT2D eigenvalue weighted by atomic mass is 9.99. The van der Waals surface area contributed by atoms with Crippen LogP contribution in [0, 0.1) is 16.0 Å². The molecule has 0 aliphatic carbocycles. The van der Waals surface area contributed by atoms with Gasteiger partial charge in [0.25, 0.3) is 11.6 Å². The molecule has 0 N–H and O–H groups in total. The summed E-state index contributed by atoms with van der Waals surface area (Å²) in [4.78, 5) is 24.2. The fraction of sp³-hybridized carbons (Fsp3) is 0.500. The highest BCUT2D eigenvalue weighted by Crippen LogP contribution is 2.26. The van der Waals surface area contributed by atoms with Gasteiger partial charge in [0.2, 0.25) is 0 Å². The Morgan fingerprint density at radius 1 is 1.48 bits per heavy atom. The fourth-order valence-electron chi connectivity index (χ4n) is 2.41. The molecule has 1 aromatic carbocycles. The number of nitrogens with zero attached hydrogens (tertiary/aromatic N) is 2. The van der Waals surface area contributed by atoms with Crippen LogP contribution in [0.2, 0.25) is 5.02 Å². The summed E-state index contributed by atoms with van der Waals surface area (Å²) in [6, 6.07) is 4.12. The van der Waals surface area contributed by atoms with E-state index < -0.39 is 4.92 Å². The van der Waals surface area contributed by atoms with Crippen molar-refractivity contribution < 1.29 is 14.5 Å². The van der Waals surface area contributed by atoms with Crippen molar-refractivity contribution in [3.8, 4) is 0 Å². The van der Waals surface area contributed by atoms with Crippen LogP contribution in [-0.2, 0) is 4.74 Å². The number of amides is 1. The molecule has 1 fully saturated rings. The number of ether oxygens (including phenoxy) is 1. The minimum Gasteiger partial charge on any atom is -0.381 e. The quantitative estimate of drug-likeness (QED) is 0.633. The molecule has 2 rings (SSSR count). The van der Waals surface area contributed by atoms with E-state index >= 15 is 0 Å². The molecule has 21 heavy (non-hydrogen) atoms. The van der Waals surface area contributed by atoms with Gasteiger partial charge in [0.05, 0.1) is 4.92 Å². The van der Waals surface area contributed by atoms with Crippen LogP contribution in [0.4, 0.5) is 5.69 Å². The molecule has 0 atom stereocenters. The maximum Gasteiger partial charge on any atom is 0.288 e. The predicted octanol–water partition coefficient (Wildman–Crippen LogP) is 2.75. The van der Waals surface area contributed by atoms with Gasteiger partial charge < -0.3 is 9.64 Å². The smallest absolute Gasteiger partial charge is 0.288 e. The van der Waals surface area contributed by atoms with Crippen molar-refractivity contribution in [2.45, 2.75) is 12.8 Å². The van der Waals surface area contributed by atoms with Gasteiger partial charge in [-0.3, -0.25) is 14.9 Å². The first-order valence-corrected chi connectivity index (χ1v) is 7.14. The maximum atomic E-state index is 12.3. The zero-order chi connectivity index (χ0) is 15.4. The second-order valence-corrected chi connectivity index (χ2v) is 5.57. The third kappa shape index (κ3) is 3.92. The highest BCUT2D eigenvalue weighted by molar-refractivity contribution is 6.32. The van der Waals surface area contributed by atoms with Crippen molar-refractivity contribution in [2.24, 2.45) is 5.92 Å². The van der Waals surface area contributed by atoms with Crippen LogP contribution >= 0.6 is 11.6 Å². The van der Waals surface area contributed by atoms with Gasteiger partial charge in [-0.25, -0.2) is 0 Å². The number of nitro benzene ring substituents is 1. The number of hydrogen-bond donors (Lipinski definition) is 0. The second-order valence-electron chi connectivity index (χ2n) is 5.16. The minimum absolute atomic E-state index is 0.0311. The third-order valence-electron chi connectivity index (χ3n) is 3.61. The number of nitro groups is 1. The predicted molar refractivity (Wildman–Crippen MR) is 78.6 cm³/mol. The van der Waals surface area contributed by atoms with Crippen molar-refractivity contribution in [3.63, 3.8) is 0 Å². The molecule has 6 nitrogen and oxygen atoms in total. The van der Waals surface area contributed by atoms with E-state index in [2.05, 4.69) is 0 Å². The number of hydrogen-bond acceptors (Lipinski definition) is 4. The Kier molecular flexibility index (Phi) is 5.14. The molecule has 0 unspecified atom stereocenters. The summed E-state index contributed by atoms with van der Waals surface area (Å²) in [5, 5.41) is 10.9. The molecule has 0 radical (unpaired) electrons. The summed E-state index contributed by atoms with van der Waals surface area (Å²) in [6.07, 6.45) is 1.86. The molecule has 0 aromatic heterocycles. The Morgan fingerprint density at radius 2 is 2.14 bits per heavy atom. The van der Waals surface area contributed by atoms with Crippen molar-refractivity contribution in [1.29, 1.82) is 0 Å². The number of carbonyl (C=O) groups is 1. The molecule has 114 valence electrons. The Balaban J connectivity index is 2.08. The van der Waals surface area contributed by atoms with Crippen molar-refractivity contribution in [3.05, 3.63) is 38.9 Å². The van der Waals surface area contributed by atoms with Crippen LogP contribution in [0.25, 0.3) is 0 Å². The number of rotatable bonds is 4. The van der Waals surface area contributed by atoms with Gasteiger partial charge in [-0.1, -0.05) is 11.6 Å². The Hall–Kier alpha value is -1.66. The van der Waals surface area contributed by atoms with E-state index in [1.165, 1.54) is 18.2 Å². The van der Waals surface area contributed by atoms with E-state index in [0.29, 0.717) is 12.5 Å².